The molecule has 1 fully saturated rings. The van der Waals surface area contributed by atoms with Crippen LogP contribution in [-0.2, 0) is 9.47 Å². The molecule has 9 nitrogen and oxygen atoms in total. The number of carbonyl (C=O) groups excluding carboxylic acids is 1. The lowest BCUT2D eigenvalue weighted by Gasteiger charge is -2.39. The summed E-state index contributed by atoms with van der Waals surface area (Å²) in [7, 11) is 0. The summed E-state index contributed by atoms with van der Waals surface area (Å²) in [5.41, 5.74) is -0.105. The quantitative estimate of drug-likeness (QED) is 0.222. The minimum Gasteiger partial charge on any atom is -0.504 e. The van der Waals surface area contributed by atoms with E-state index in [-0.39, 0.29) is 17.9 Å². The van der Waals surface area contributed by atoms with Crippen molar-refractivity contribution >= 4 is 5.97 Å². The highest BCUT2D eigenvalue weighted by Gasteiger charge is 2.45. The van der Waals surface area contributed by atoms with Crippen LogP contribution in [0.2, 0.25) is 0 Å². The first kappa shape index (κ1) is 26.3. The average molecular weight is 457 g/mol. The van der Waals surface area contributed by atoms with Crippen LogP contribution >= 0.6 is 0 Å². The van der Waals surface area contributed by atoms with Gasteiger partial charge in [-0.2, -0.15) is 0 Å². The molecule has 1 aromatic rings. The third kappa shape index (κ3) is 7.31. The summed E-state index contributed by atoms with van der Waals surface area (Å²) >= 11 is 0. The van der Waals surface area contributed by atoms with E-state index >= 15 is 0 Å². The normalized spacial score (nSPS) is 25.5. The van der Waals surface area contributed by atoms with E-state index in [1.54, 1.807) is 0 Å². The minimum atomic E-state index is -1.63. The number of aromatic hydroxyl groups is 1. The van der Waals surface area contributed by atoms with E-state index in [0.29, 0.717) is 0 Å². The third-order valence-electron chi connectivity index (χ3n) is 5.54. The number of unbranched alkanes of at least 4 members (excludes halogenated alkanes) is 7. The number of aliphatic hydroxyl groups excluding tert-OH is 4. The molecule has 9 heteroatoms. The van der Waals surface area contributed by atoms with Gasteiger partial charge in [-0.05, 0) is 18.6 Å². The number of rotatable bonds is 13. The molecule has 0 radical (unpaired) electrons. The summed E-state index contributed by atoms with van der Waals surface area (Å²) in [5.74, 6) is -1.37. The number of phenolic OH excluding ortho intramolecular Hbond substituents is 1. The molecule has 32 heavy (non-hydrogen) atoms. The first-order chi connectivity index (χ1) is 15.4. The zero-order chi connectivity index (χ0) is 23.5. The van der Waals surface area contributed by atoms with Crippen molar-refractivity contribution in [1.82, 2.24) is 0 Å². The van der Waals surface area contributed by atoms with Crippen molar-refractivity contribution < 1.29 is 44.5 Å². The maximum atomic E-state index is 12.4. The van der Waals surface area contributed by atoms with Crippen LogP contribution in [0.15, 0.2) is 18.2 Å². The fraction of sp³-hybridized carbons (Fsp3) is 0.696. The van der Waals surface area contributed by atoms with E-state index in [1.165, 1.54) is 50.3 Å². The van der Waals surface area contributed by atoms with Crippen molar-refractivity contribution in [3.63, 3.8) is 0 Å². The monoisotopic (exact) mass is 456 g/mol. The lowest BCUT2D eigenvalue weighted by Crippen LogP contribution is -2.60. The van der Waals surface area contributed by atoms with Gasteiger partial charge in [0, 0.05) is 0 Å². The van der Waals surface area contributed by atoms with Gasteiger partial charge in [-0.3, -0.25) is 0 Å². The Morgan fingerprint density at radius 2 is 1.62 bits per heavy atom. The van der Waals surface area contributed by atoms with Crippen LogP contribution in [0, 0.1) is 0 Å². The van der Waals surface area contributed by atoms with Crippen LogP contribution in [0.3, 0.4) is 0 Å². The van der Waals surface area contributed by atoms with E-state index in [0.717, 1.165) is 19.3 Å². The molecule has 1 heterocycles. The SMILES string of the molecule is CCCCCCCCCCOC(=O)c1cccc(O[C@@H]2O[C@H](CO)[C@@H](O)[C@H](O)[C@H]2O)c1O. The molecule has 1 saturated heterocycles. The highest BCUT2D eigenvalue weighted by atomic mass is 16.7. The van der Waals surface area contributed by atoms with Crippen LogP contribution in [0.5, 0.6) is 11.5 Å². The molecule has 0 bridgehead atoms. The highest BCUT2D eigenvalue weighted by Crippen LogP contribution is 2.33. The predicted octanol–water partition coefficient (Wildman–Crippen LogP) is 1.87. The van der Waals surface area contributed by atoms with E-state index in [4.69, 9.17) is 14.2 Å². The number of esters is 1. The Balaban J connectivity index is 1.85. The molecular weight excluding hydrogens is 420 g/mol. The van der Waals surface area contributed by atoms with Gasteiger partial charge in [0.05, 0.1) is 13.2 Å². The molecule has 0 amide bonds. The fourth-order valence-electron chi connectivity index (χ4n) is 3.55. The lowest BCUT2D eigenvalue weighted by molar-refractivity contribution is -0.277. The molecule has 0 saturated carbocycles. The largest absolute Gasteiger partial charge is 0.504 e. The van der Waals surface area contributed by atoms with Crippen molar-refractivity contribution in [2.24, 2.45) is 0 Å². The summed E-state index contributed by atoms with van der Waals surface area (Å²) in [4.78, 5) is 12.4. The van der Waals surface area contributed by atoms with Crippen LogP contribution in [0.4, 0.5) is 0 Å². The highest BCUT2D eigenvalue weighted by molar-refractivity contribution is 5.93. The van der Waals surface area contributed by atoms with Crippen molar-refractivity contribution in [1.29, 1.82) is 0 Å². The van der Waals surface area contributed by atoms with Crippen molar-refractivity contribution in [2.45, 2.75) is 89.0 Å². The molecule has 0 spiro atoms. The molecule has 1 aliphatic rings. The third-order valence-corrected chi connectivity index (χ3v) is 5.54. The number of para-hydroxylation sites is 1. The molecule has 0 aliphatic carbocycles. The lowest BCUT2D eigenvalue weighted by atomic mass is 9.99. The Kier molecular flexibility index (Phi) is 11.2. The minimum absolute atomic E-state index is 0.105. The molecule has 182 valence electrons. The number of phenols is 1. The first-order valence-electron chi connectivity index (χ1n) is 11.4. The summed E-state index contributed by atoms with van der Waals surface area (Å²) in [6, 6.07) is 4.20. The van der Waals surface area contributed by atoms with E-state index in [2.05, 4.69) is 6.92 Å². The number of hydrogen-bond donors (Lipinski definition) is 5. The fourth-order valence-corrected chi connectivity index (χ4v) is 3.55. The molecule has 0 unspecified atom stereocenters. The van der Waals surface area contributed by atoms with Gasteiger partial charge in [0.1, 0.15) is 30.0 Å². The van der Waals surface area contributed by atoms with Gasteiger partial charge in [-0.15, -0.1) is 0 Å². The van der Waals surface area contributed by atoms with Gasteiger partial charge < -0.3 is 39.7 Å². The number of carbonyl (C=O) groups is 1. The van der Waals surface area contributed by atoms with Gasteiger partial charge in [0.15, 0.2) is 11.5 Å². The smallest absolute Gasteiger partial charge is 0.342 e. The Morgan fingerprint density at radius 3 is 2.28 bits per heavy atom. The molecule has 1 aromatic carbocycles. The Morgan fingerprint density at radius 1 is 0.969 bits per heavy atom. The van der Waals surface area contributed by atoms with Crippen LogP contribution in [-0.4, -0.2) is 75.4 Å². The Hall–Kier alpha value is -1.91. The van der Waals surface area contributed by atoms with E-state index < -0.39 is 49.0 Å². The predicted molar refractivity (Wildman–Crippen MR) is 115 cm³/mol. The second-order valence-corrected chi connectivity index (χ2v) is 8.08. The van der Waals surface area contributed by atoms with Crippen molar-refractivity contribution in [2.75, 3.05) is 13.2 Å². The molecule has 0 aromatic heterocycles. The van der Waals surface area contributed by atoms with E-state index in [1.807, 2.05) is 0 Å². The Labute approximate surface area is 188 Å². The van der Waals surface area contributed by atoms with Gasteiger partial charge in [0.2, 0.25) is 6.29 Å². The first-order valence-corrected chi connectivity index (χ1v) is 11.4. The molecule has 1 aliphatic heterocycles. The van der Waals surface area contributed by atoms with Crippen LogP contribution in [0.25, 0.3) is 0 Å². The van der Waals surface area contributed by atoms with Gasteiger partial charge in [-0.1, -0.05) is 57.9 Å². The van der Waals surface area contributed by atoms with Crippen molar-refractivity contribution in [3.05, 3.63) is 23.8 Å². The number of hydrogen-bond acceptors (Lipinski definition) is 9. The second-order valence-electron chi connectivity index (χ2n) is 8.08. The average Bonchev–Trinajstić information content (AvgIpc) is 2.79. The van der Waals surface area contributed by atoms with Gasteiger partial charge in [-0.25, -0.2) is 4.79 Å². The van der Waals surface area contributed by atoms with Crippen LogP contribution in [0.1, 0.15) is 68.6 Å². The number of benzene rings is 1. The zero-order valence-electron chi connectivity index (χ0n) is 18.6. The van der Waals surface area contributed by atoms with Crippen LogP contribution < -0.4 is 4.74 Å². The topological polar surface area (TPSA) is 146 Å². The summed E-state index contributed by atoms with van der Waals surface area (Å²) < 4.78 is 15.9. The molecular formula is C23H36O9. The standard InChI is InChI=1S/C23H36O9/c1-2-3-4-5-6-7-8-9-13-30-22(29)15-11-10-12-16(18(15)25)31-23-21(28)20(27)19(26)17(14-24)32-23/h10-12,17,19-21,23-28H,2-9,13-14H2,1H3/t17-,19-,20+,21-,23-/m1/s1. The molecule has 2 rings (SSSR count). The number of ether oxygens (including phenoxy) is 3. The van der Waals surface area contributed by atoms with Crippen molar-refractivity contribution in [3.8, 4) is 11.5 Å². The second kappa shape index (κ2) is 13.6. The maximum absolute atomic E-state index is 12.4. The Bertz CT molecular complexity index is 694. The molecule has 5 N–H and O–H groups in total. The number of aliphatic hydroxyl groups is 4. The molecule has 5 atom stereocenters. The summed E-state index contributed by atoms with van der Waals surface area (Å²) in [5, 5.41) is 49.5. The van der Waals surface area contributed by atoms with Gasteiger partial charge >= 0.3 is 5.97 Å². The maximum Gasteiger partial charge on any atom is 0.342 e. The van der Waals surface area contributed by atoms with Gasteiger partial charge in [0.25, 0.3) is 0 Å². The summed E-state index contributed by atoms with van der Waals surface area (Å²) in [6.07, 6.45) is 1.53. The van der Waals surface area contributed by atoms with E-state index in [9.17, 15) is 30.3 Å². The summed E-state index contributed by atoms with van der Waals surface area (Å²) in [6.45, 7) is 1.82. The zero-order valence-corrected chi connectivity index (χ0v) is 18.6.